The van der Waals surface area contributed by atoms with Crippen LogP contribution >= 0.6 is 34.4 Å². The van der Waals surface area contributed by atoms with E-state index in [1.54, 1.807) is 20.8 Å². The van der Waals surface area contributed by atoms with Crippen molar-refractivity contribution in [2.45, 2.75) is 67.5 Å². The van der Waals surface area contributed by atoms with Crippen LogP contribution in [-0.2, 0) is 23.0 Å². The van der Waals surface area contributed by atoms with Crippen LogP contribution < -0.4 is 10.5 Å². The van der Waals surface area contributed by atoms with Gasteiger partial charge in [-0.25, -0.2) is 32.5 Å². The Kier molecular flexibility index (Phi) is 6.91. The zero-order chi connectivity index (χ0) is 24.0. The molecule has 0 bridgehead atoms. The van der Waals surface area contributed by atoms with Crippen molar-refractivity contribution in [1.82, 2.24) is 24.2 Å². The summed E-state index contributed by atoms with van der Waals surface area (Å²) in [6.45, 7) is 5.74. The highest BCUT2D eigenvalue weighted by Crippen LogP contribution is 2.41. The number of halogens is 2. The van der Waals surface area contributed by atoms with Gasteiger partial charge in [-0.15, -0.1) is 0 Å². The highest BCUT2D eigenvalue weighted by molar-refractivity contribution is 14.1. The summed E-state index contributed by atoms with van der Waals surface area (Å²) < 4.78 is 43.7. The van der Waals surface area contributed by atoms with Gasteiger partial charge in [-0.3, -0.25) is 0 Å². The summed E-state index contributed by atoms with van der Waals surface area (Å²) in [5.41, 5.74) is 8.92. The Labute approximate surface area is 210 Å². The van der Waals surface area contributed by atoms with Gasteiger partial charge in [0.15, 0.2) is 22.1 Å². The van der Waals surface area contributed by atoms with E-state index in [1.807, 2.05) is 16.7 Å². The number of aromatic nitrogens is 4. The number of fused-ring (bicyclic) bond motifs is 2. The lowest BCUT2D eigenvalue weighted by atomic mass is 10.1. The summed E-state index contributed by atoms with van der Waals surface area (Å²) in [5, 5.41) is 0.655. The van der Waals surface area contributed by atoms with Crippen molar-refractivity contribution in [3.63, 3.8) is 0 Å². The minimum Gasteiger partial charge on any atom is -0.382 e. The standard InChI is InChI=1S/C21H26FIN6O2S2/c1-21(2,3)33(30,31)27-7-4-8-29-19-17(18(24)25-11-26-19)28-20(29)32-16-10-13-12(9-15(16)23)5-6-14(13)22/h9-11,14,27H,4-8H2,1-3H3,(H2,24,25,26). The summed E-state index contributed by atoms with van der Waals surface area (Å²) in [7, 11) is -3.43. The van der Waals surface area contributed by atoms with Crippen LogP contribution in [0.1, 0.15) is 50.9 Å². The maximum Gasteiger partial charge on any atom is 0.216 e. The predicted molar refractivity (Wildman–Crippen MR) is 136 cm³/mol. The van der Waals surface area contributed by atoms with Gasteiger partial charge < -0.3 is 10.3 Å². The number of rotatable bonds is 7. The average molecular weight is 605 g/mol. The van der Waals surface area contributed by atoms with Crippen molar-refractivity contribution in [2.24, 2.45) is 0 Å². The van der Waals surface area contributed by atoms with Gasteiger partial charge >= 0.3 is 0 Å². The van der Waals surface area contributed by atoms with E-state index in [9.17, 15) is 12.8 Å². The number of aryl methyl sites for hydroxylation is 2. The van der Waals surface area contributed by atoms with Gasteiger partial charge in [-0.05, 0) is 85.9 Å². The molecule has 1 aliphatic rings. The number of hydrogen-bond donors (Lipinski definition) is 2. The van der Waals surface area contributed by atoms with Gasteiger partial charge in [-0.2, -0.15) is 0 Å². The first-order valence-electron chi connectivity index (χ1n) is 10.6. The molecule has 0 spiro atoms. The number of imidazole rings is 1. The Bertz CT molecular complexity index is 1310. The van der Waals surface area contributed by atoms with Crippen molar-refractivity contribution < 1.29 is 12.8 Å². The fourth-order valence-electron chi connectivity index (χ4n) is 3.61. The molecule has 1 unspecified atom stereocenters. The Morgan fingerprint density at radius 1 is 1.33 bits per heavy atom. The fourth-order valence-corrected chi connectivity index (χ4v) is 6.28. The molecular formula is C21H26FIN6O2S2. The summed E-state index contributed by atoms with van der Waals surface area (Å²) in [4.78, 5) is 14.0. The molecule has 8 nitrogen and oxygen atoms in total. The van der Waals surface area contributed by atoms with Gasteiger partial charge in [0.1, 0.15) is 12.5 Å². The number of nitrogens with zero attached hydrogens (tertiary/aromatic N) is 4. The minimum atomic E-state index is -3.43. The summed E-state index contributed by atoms with van der Waals surface area (Å²) >= 11 is 3.69. The number of hydrogen-bond acceptors (Lipinski definition) is 7. The molecule has 3 aromatic rings. The second-order valence-electron chi connectivity index (χ2n) is 8.93. The lowest BCUT2D eigenvalue weighted by molar-refractivity contribution is 0.343. The van der Waals surface area contributed by atoms with Gasteiger partial charge in [0.25, 0.3) is 0 Å². The topological polar surface area (TPSA) is 116 Å². The largest absolute Gasteiger partial charge is 0.382 e. The lowest BCUT2D eigenvalue weighted by Crippen LogP contribution is -2.39. The third-order valence-corrected chi connectivity index (χ3v) is 10.1. The van der Waals surface area contributed by atoms with Crippen molar-refractivity contribution >= 4 is 61.4 Å². The van der Waals surface area contributed by atoms with E-state index in [2.05, 4.69) is 42.3 Å². The third-order valence-electron chi connectivity index (χ3n) is 5.58. The van der Waals surface area contributed by atoms with E-state index in [1.165, 1.54) is 18.1 Å². The van der Waals surface area contributed by atoms with Crippen LogP contribution in [-0.4, -0.2) is 39.2 Å². The molecule has 1 aromatic carbocycles. The molecule has 0 radical (unpaired) electrons. The molecule has 3 N–H and O–H groups in total. The fraction of sp³-hybridized carbons (Fsp3) is 0.476. The van der Waals surface area contributed by atoms with E-state index in [0.29, 0.717) is 35.7 Å². The summed E-state index contributed by atoms with van der Waals surface area (Å²) in [6.07, 6.45) is 2.26. The smallest absolute Gasteiger partial charge is 0.216 e. The van der Waals surface area contributed by atoms with Crippen molar-refractivity contribution in [3.05, 3.63) is 33.2 Å². The number of nitrogens with two attached hydrogens (primary N) is 1. The average Bonchev–Trinajstić information content (AvgIpc) is 3.26. The molecule has 1 atom stereocenters. The van der Waals surface area contributed by atoms with Crippen molar-refractivity contribution in [2.75, 3.05) is 12.3 Å². The molecular weight excluding hydrogens is 578 g/mol. The van der Waals surface area contributed by atoms with Gasteiger partial charge in [0.05, 0.1) is 4.75 Å². The lowest BCUT2D eigenvalue weighted by Gasteiger charge is -2.19. The molecule has 178 valence electrons. The van der Waals surface area contributed by atoms with Crippen LogP contribution in [0.4, 0.5) is 10.2 Å². The number of alkyl halides is 1. The summed E-state index contributed by atoms with van der Waals surface area (Å²) in [5.74, 6) is 0.279. The molecule has 1 aliphatic carbocycles. The first-order chi connectivity index (χ1) is 15.5. The highest BCUT2D eigenvalue weighted by atomic mass is 127. The zero-order valence-corrected chi connectivity index (χ0v) is 22.4. The van der Waals surface area contributed by atoms with Crippen LogP contribution in [0.3, 0.4) is 0 Å². The molecule has 0 fully saturated rings. The number of nitrogen functional groups attached to an aromatic ring is 1. The van der Waals surface area contributed by atoms with Gasteiger partial charge in [0.2, 0.25) is 10.0 Å². The molecule has 2 heterocycles. The quantitative estimate of drug-likeness (QED) is 0.307. The summed E-state index contributed by atoms with van der Waals surface area (Å²) in [6, 6.07) is 3.95. The van der Waals surface area contributed by atoms with Crippen LogP contribution in [0.2, 0.25) is 0 Å². The van der Waals surface area contributed by atoms with E-state index in [0.717, 1.165) is 26.0 Å². The Morgan fingerprint density at radius 3 is 2.82 bits per heavy atom. The highest BCUT2D eigenvalue weighted by Gasteiger charge is 2.28. The van der Waals surface area contributed by atoms with Crippen molar-refractivity contribution in [1.29, 1.82) is 0 Å². The molecule has 0 aliphatic heterocycles. The molecule has 0 saturated heterocycles. The normalized spacial score (nSPS) is 16.5. The van der Waals surface area contributed by atoms with E-state index in [4.69, 9.17) is 5.73 Å². The van der Waals surface area contributed by atoms with Gasteiger partial charge in [0, 0.05) is 21.6 Å². The maximum absolute atomic E-state index is 14.3. The van der Waals surface area contributed by atoms with E-state index < -0.39 is 20.9 Å². The maximum atomic E-state index is 14.3. The first kappa shape index (κ1) is 24.6. The Hall–Kier alpha value is -1.51. The second-order valence-corrected chi connectivity index (χ2v) is 13.6. The number of nitrogens with one attached hydrogen (secondary N) is 1. The Balaban J connectivity index is 1.61. The van der Waals surface area contributed by atoms with E-state index in [-0.39, 0.29) is 12.4 Å². The SMILES string of the molecule is CC(C)(C)S(=O)(=O)NCCCn1c(Sc2cc3c(cc2I)CCC3F)nc2c(N)ncnc21. The number of benzene rings is 1. The van der Waals surface area contributed by atoms with Gasteiger partial charge in [-0.1, -0.05) is 11.8 Å². The van der Waals surface area contributed by atoms with E-state index >= 15 is 0 Å². The van der Waals surface area contributed by atoms with Crippen LogP contribution in [0.5, 0.6) is 0 Å². The predicted octanol–water partition coefficient (Wildman–Crippen LogP) is 4.23. The van der Waals surface area contributed by atoms with Crippen molar-refractivity contribution in [3.8, 4) is 0 Å². The third kappa shape index (κ3) is 4.98. The molecule has 12 heteroatoms. The Morgan fingerprint density at radius 2 is 2.09 bits per heavy atom. The molecule has 2 aromatic heterocycles. The van der Waals surface area contributed by atoms with Crippen LogP contribution in [0.25, 0.3) is 11.2 Å². The second kappa shape index (κ2) is 9.27. The van der Waals surface area contributed by atoms with Crippen LogP contribution in [0.15, 0.2) is 28.5 Å². The monoisotopic (exact) mass is 604 g/mol. The molecule has 0 amide bonds. The number of sulfonamides is 1. The molecule has 4 rings (SSSR count). The molecule has 0 saturated carbocycles. The minimum absolute atomic E-state index is 0.279. The van der Waals surface area contributed by atoms with Crippen LogP contribution in [0, 0.1) is 3.57 Å². The number of anilines is 1. The first-order valence-corrected chi connectivity index (χ1v) is 14.0. The zero-order valence-electron chi connectivity index (χ0n) is 18.6. The molecule has 33 heavy (non-hydrogen) atoms.